The van der Waals surface area contributed by atoms with E-state index in [1.54, 1.807) is 44.7 Å². The van der Waals surface area contributed by atoms with Gasteiger partial charge < -0.3 is 48.1 Å². The zero-order valence-corrected chi connectivity index (χ0v) is 35.9. The molecule has 1 aliphatic heterocycles. The van der Waals surface area contributed by atoms with Gasteiger partial charge in [0.1, 0.15) is 18.1 Å². The molecule has 1 aromatic heterocycles. The standard InChI is InChI=1S/C38H53N13O9.Tc/c1-21(2)32-37(60)51(3)27(8-7-13-43-38(39)40)36(59)46-20-30(53)48-26(17-31(54)55)35(58)45-18-22-14-24(34(57)49-32)16-25(15-22)47-29(52)9-5-4-6-12-42-33(56)23-10-11-28(50-41)44-19-23;/h10-11,14-16,19,21,26-27,32H,4-9,12-13,17-18,20H2,1-3H3,(H,42,56)(H,44,50)(H,45,58)(H,46,59)(H,47,52)(H,48,53)(H,49,57)(H,54,55)(H4,39,40,43);/t26-,27-,32+;/m0./s1. The Balaban J connectivity index is 1.81. The number of nitrogens with zero attached hydrogens (tertiary/aromatic N) is 4. The van der Waals surface area contributed by atoms with Crippen LogP contribution in [0.1, 0.15) is 85.1 Å². The summed E-state index contributed by atoms with van der Waals surface area (Å²) in [5.41, 5.74) is 14.5. The first-order valence-electron chi connectivity index (χ1n) is 19.4. The molecule has 12 N–H and O–H groups in total. The molecular formula is C38H53N13O9Tc. The molecule has 0 spiro atoms. The molecule has 0 saturated heterocycles. The Morgan fingerprint density at radius 1 is 0.984 bits per heavy atom. The molecule has 3 rings (SSSR count). The summed E-state index contributed by atoms with van der Waals surface area (Å²) in [6.45, 7) is 3.01. The Kier molecular flexibility index (Phi) is 19.8. The van der Waals surface area contributed by atoms with Gasteiger partial charge in [-0.05, 0) is 42.5 Å². The Hall–Kier alpha value is -6.35. The van der Waals surface area contributed by atoms with Gasteiger partial charge in [-0.1, -0.05) is 13.8 Å². The largest absolute Gasteiger partial charge is 0.481 e. The van der Waals surface area contributed by atoms with Crippen molar-refractivity contribution in [1.82, 2.24) is 36.5 Å². The van der Waals surface area contributed by atoms with Crippen molar-refractivity contribution in [2.45, 2.75) is 83.5 Å². The molecule has 2 aromatic rings. The van der Waals surface area contributed by atoms with Crippen molar-refractivity contribution in [3.05, 3.63) is 53.2 Å². The van der Waals surface area contributed by atoms with Crippen LogP contribution >= 0.6 is 0 Å². The van der Waals surface area contributed by atoms with Crippen LogP contribution in [0.3, 0.4) is 0 Å². The number of anilines is 2. The van der Waals surface area contributed by atoms with E-state index < -0.39 is 72.5 Å². The van der Waals surface area contributed by atoms with Crippen molar-refractivity contribution in [3.63, 3.8) is 0 Å². The number of carboxylic acids is 1. The van der Waals surface area contributed by atoms with Crippen LogP contribution in [-0.4, -0.2) is 113 Å². The molecule has 2 bridgehead atoms. The quantitative estimate of drug-likeness (QED) is 0.0411. The van der Waals surface area contributed by atoms with E-state index in [2.05, 4.69) is 51.0 Å². The molecule has 0 fully saturated rings. The number of carboxylic acid groups (broad SMARTS) is 1. The minimum atomic E-state index is -1.55. The zero-order valence-electron chi connectivity index (χ0n) is 34.1. The number of unbranched alkanes of at least 4 members (excludes halogenated alkanes) is 2. The summed E-state index contributed by atoms with van der Waals surface area (Å²) in [5, 5.41) is 25.1. The average molecular weight is 934 g/mol. The second-order valence-electron chi connectivity index (χ2n) is 14.4. The first-order chi connectivity index (χ1) is 29.0. The van der Waals surface area contributed by atoms with Crippen LogP contribution in [-0.2, 0) is 54.0 Å². The topological polar surface area (TPSA) is 334 Å². The van der Waals surface area contributed by atoms with Gasteiger partial charge in [0.05, 0.1) is 13.0 Å². The minimum absolute atomic E-state index is 0.0167. The fraction of sp³-hybridized carbons (Fsp3) is 0.474. The van der Waals surface area contributed by atoms with Crippen LogP contribution in [0.4, 0.5) is 11.5 Å². The Labute approximate surface area is 362 Å². The van der Waals surface area contributed by atoms with Crippen molar-refractivity contribution >= 4 is 64.8 Å². The van der Waals surface area contributed by atoms with Crippen LogP contribution < -0.4 is 48.8 Å². The normalized spacial score (nSPS) is 17.7. The van der Waals surface area contributed by atoms with E-state index in [-0.39, 0.29) is 61.4 Å². The van der Waals surface area contributed by atoms with Gasteiger partial charge in [0, 0.05) is 37.8 Å². The number of amides is 7. The van der Waals surface area contributed by atoms with E-state index in [4.69, 9.17) is 11.5 Å². The minimum Gasteiger partial charge on any atom is -0.481 e. The van der Waals surface area contributed by atoms with Gasteiger partial charge in [0.25, 0.3) is 5.91 Å². The van der Waals surface area contributed by atoms with E-state index in [0.717, 1.165) is 4.90 Å². The van der Waals surface area contributed by atoms with Crippen molar-refractivity contribution < 1.29 is 62.2 Å². The summed E-state index contributed by atoms with van der Waals surface area (Å²) in [5.74, 6) is -5.97. The third kappa shape index (κ3) is 16.7. The number of carbonyl (C=O) groups excluding carboxylic acids is 7. The van der Waals surface area contributed by atoms with Gasteiger partial charge in [-0.15, -0.1) is 0 Å². The van der Waals surface area contributed by atoms with Gasteiger partial charge in [0.2, 0.25) is 29.5 Å². The molecule has 3 atom stereocenters. The number of nitrogens with two attached hydrogens (primary N) is 2. The number of fused-ring (bicyclic) bond motifs is 2. The molecular weight excluding hydrogens is 880 g/mol. The van der Waals surface area contributed by atoms with Crippen LogP contribution in [0.2, 0.25) is 0 Å². The Morgan fingerprint density at radius 2 is 1.72 bits per heavy atom. The first-order valence-corrected chi connectivity index (χ1v) is 20.3. The SMILES string of the molecule is CC(C)[C@H]1NC(=O)c2cc(cc(NC(=O)CCCCCNC(=O)c3ccc(N[N]=[Tc])nc3)c2)CNC(=O)[C@H](CC(=O)O)NC(=O)CNC(=O)[C@H](CCCN=C(N)N)N(C)C1=O. The maximum atomic E-state index is 14.0. The number of pyridine rings is 1. The number of likely N-dealkylation sites (N-methyl/N-ethyl adjacent to an activating group) is 1. The van der Waals surface area contributed by atoms with Crippen molar-refractivity contribution in [1.29, 1.82) is 0 Å². The molecule has 61 heavy (non-hydrogen) atoms. The van der Waals surface area contributed by atoms with Crippen LogP contribution in [0.5, 0.6) is 0 Å². The molecule has 1 aliphatic rings. The second kappa shape index (κ2) is 24.7. The molecule has 0 saturated carbocycles. The van der Waals surface area contributed by atoms with Gasteiger partial charge in [-0.3, -0.25) is 38.6 Å². The predicted octanol–water partition coefficient (Wildman–Crippen LogP) is -0.592. The first kappa shape index (κ1) is 49.0. The van der Waals surface area contributed by atoms with Gasteiger partial charge in [-0.2, -0.15) is 0 Å². The number of benzene rings is 1. The molecule has 0 radical (unpaired) electrons. The monoisotopic (exact) mass is 932 g/mol. The number of guanidine groups is 1. The molecule has 2 heterocycles. The average Bonchev–Trinajstić information content (AvgIpc) is 3.21. The molecule has 0 aliphatic carbocycles. The van der Waals surface area contributed by atoms with Crippen molar-refractivity contribution in [2.24, 2.45) is 26.1 Å². The number of nitrogens with one attached hydrogen (secondary N) is 7. The van der Waals surface area contributed by atoms with E-state index in [1.807, 2.05) is 0 Å². The summed E-state index contributed by atoms with van der Waals surface area (Å²) in [6.07, 6.45) is 2.72. The maximum Gasteiger partial charge on any atom is 0.305 e. The number of aliphatic carboxylic acids is 1. The molecule has 1 aromatic carbocycles. The van der Waals surface area contributed by atoms with Gasteiger partial charge in [0.15, 0.2) is 5.96 Å². The fourth-order valence-electron chi connectivity index (χ4n) is 6.08. The molecule has 331 valence electrons. The van der Waals surface area contributed by atoms with E-state index in [9.17, 15) is 43.5 Å². The number of aromatic nitrogens is 1. The van der Waals surface area contributed by atoms with Crippen molar-refractivity contribution in [3.8, 4) is 0 Å². The van der Waals surface area contributed by atoms with Crippen LogP contribution in [0.15, 0.2) is 45.2 Å². The third-order valence-electron chi connectivity index (χ3n) is 9.27. The van der Waals surface area contributed by atoms with Crippen molar-refractivity contribution in [2.75, 3.05) is 37.4 Å². The molecule has 7 amide bonds. The summed E-state index contributed by atoms with van der Waals surface area (Å²) in [6, 6.07) is 3.75. The number of hydrogen-bond donors (Lipinski definition) is 10. The second-order valence-corrected chi connectivity index (χ2v) is 14.8. The van der Waals surface area contributed by atoms with Crippen LogP contribution in [0.25, 0.3) is 0 Å². The number of hydrogen-bond acceptors (Lipinski definition) is 12. The maximum absolute atomic E-state index is 14.0. The Morgan fingerprint density at radius 3 is 2.38 bits per heavy atom. The van der Waals surface area contributed by atoms with Gasteiger partial charge >= 0.3 is 110 Å². The van der Waals surface area contributed by atoms with Crippen LogP contribution in [0, 0.1) is 5.92 Å². The fourth-order valence-corrected chi connectivity index (χ4v) is 6.29. The molecule has 22 nitrogen and oxygen atoms in total. The van der Waals surface area contributed by atoms with E-state index >= 15 is 0 Å². The predicted molar refractivity (Wildman–Crippen MR) is 218 cm³/mol. The number of carbonyl (C=O) groups is 8. The number of rotatable bonds is 17. The van der Waals surface area contributed by atoms with E-state index in [1.165, 1.54) is 31.4 Å². The third-order valence-corrected chi connectivity index (χ3v) is 9.48. The molecule has 23 heteroatoms. The summed E-state index contributed by atoms with van der Waals surface area (Å²) >= 11 is 1.78. The summed E-state index contributed by atoms with van der Waals surface area (Å²) in [7, 11) is 1.38. The molecule has 0 unspecified atom stereocenters. The van der Waals surface area contributed by atoms with E-state index in [0.29, 0.717) is 42.8 Å². The summed E-state index contributed by atoms with van der Waals surface area (Å²) < 4.78 is 3.73. The van der Waals surface area contributed by atoms with Gasteiger partial charge in [-0.25, -0.2) is 0 Å². The Bertz CT molecular complexity index is 1960. The number of aliphatic imine (C=N–C) groups is 1. The zero-order chi connectivity index (χ0) is 45.1. The summed E-state index contributed by atoms with van der Waals surface area (Å²) in [4.78, 5) is 114. The smallest absolute Gasteiger partial charge is 0.305 e.